The van der Waals surface area contributed by atoms with Crippen molar-refractivity contribution in [1.29, 1.82) is 0 Å². The van der Waals surface area contributed by atoms with Gasteiger partial charge in [0, 0.05) is 11.6 Å². The van der Waals surface area contributed by atoms with E-state index in [0.29, 0.717) is 11.6 Å². The Kier molecular flexibility index (Phi) is 4.77. The molecule has 1 amide bonds. The van der Waals surface area contributed by atoms with E-state index >= 15 is 0 Å². The summed E-state index contributed by atoms with van der Waals surface area (Å²) in [6.45, 7) is 4.26. The average molecular weight is 285 g/mol. The Labute approximate surface area is 117 Å². The van der Waals surface area contributed by atoms with Crippen LogP contribution in [-0.2, 0) is 11.3 Å². The van der Waals surface area contributed by atoms with Gasteiger partial charge in [-0.2, -0.15) is 0 Å². The maximum Gasteiger partial charge on any atom is 0.237 e. The largest absolute Gasteiger partial charge is 0.351 e. The molecule has 0 aromatic heterocycles. The van der Waals surface area contributed by atoms with Gasteiger partial charge in [0.1, 0.15) is 5.82 Å². The third kappa shape index (κ3) is 3.45. The molecule has 0 unspecified atom stereocenters. The zero-order valence-electron chi connectivity index (χ0n) is 11.0. The van der Waals surface area contributed by atoms with Gasteiger partial charge in [0.05, 0.1) is 6.04 Å². The van der Waals surface area contributed by atoms with Crippen LogP contribution in [0.25, 0.3) is 0 Å². The minimum atomic E-state index is -0.368. The molecule has 1 heterocycles. The monoisotopic (exact) mass is 284 g/mol. The molecule has 0 aliphatic carbocycles. The van der Waals surface area contributed by atoms with Crippen molar-refractivity contribution in [2.45, 2.75) is 32.4 Å². The summed E-state index contributed by atoms with van der Waals surface area (Å²) in [6.07, 6.45) is 1.96. The van der Waals surface area contributed by atoms with Gasteiger partial charge >= 0.3 is 0 Å². The fourth-order valence-corrected chi connectivity index (χ4v) is 2.70. The van der Waals surface area contributed by atoms with Crippen LogP contribution in [0.4, 0.5) is 4.39 Å². The lowest BCUT2D eigenvalue weighted by Crippen LogP contribution is -2.42. The third-order valence-corrected chi connectivity index (χ3v) is 3.89. The second-order valence-corrected chi connectivity index (χ2v) is 5.15. The minimum absolute atomic E-state index is 0.0275. The van der Waals surface area contributed by atoms with Crippen LogP contribution in [0.3, 0.4) is 0 Å². The summed E-state index contributed by atoms with van der Waals surface area (Å²) < 4.78 is 12.9. The molecule has 3 nitrogen and oxygen atoms in total. The summed E-state index contributed by atoms with van der Waals surface area (Å²) in [5.74, 6) is -0.340. The highest BCUT2D eigenvalue weighted by Crippen LogP contribution is 2.19. The fourth-order valence-electron chi connectivity index (χ4n) is 2.47. The van der Waals surface area contributed by atoms with Crippen molar-refractivity contribution in [2.24, 2.45) is 0 Å². The van der Waals surface area contributed by atoms with Crippen molar-refractivity contribution >= 4 is 17.5 Å². The van der Waals surface area contributed by atoms with E-state index in [1.54, 1.807) is 6.07 Å². The van der Waals surface area contributed by atoms with Gasteiger partial charge < -0.3 is 5.32 Å². The number of rotatable bonds is 4. The van der Waals surface area contributed by atoms with Gasteiger partial charge in [0.2, 0.25) is 5.91 Å². The van der Waals surface area contributed by atoms with Gasteiger partial charge in [-0.05, 0) is 43.6 Å². The number of likely N-dealkylation sites (N-methyl/N-ethyl adjacent to an activating group) is 1. The van der Waals surface area contributed by atoms with Crippen LogP contribution in [0, 0.1) is 5.82 Å². The zero-order chi connectivity index (χ0) is 13.8. The molecular formula is C14H18ClFN2O. The van der Waals surface area contributed by atoms with E-state index in [-0.39, 0.29) is 17.8 Å². The molecule has 1 saturated heterocycles. The lowest BCUT2D eigenvalue weighted by atomic mass is 10.2. The smallest absolute Gasteiger partial charge is 0.237 e. The minimum Gasteiger partial charge on any atom is -0.351 e. The molecule has 1 aliphatic rings. The van der Waals surface area contributed by atoms with Crippen molar-refractivity contribution in [3.63, 3.8) is 0 Å². The summed E-state index contributed by atoms with van der Waals surface area (Å²) in [4.78, 5) is 14.3. The first kappa shape index (κ1) is 14.3. The van der Waals surface area contributed by atoms with Crippen LogP contribution >= 0.6 is 11.6 Å². The number of carbonyl (C=O) groups excluding carboxylic acids is 1. The topological polar surface area (TPSA) is 32.3 Å². The number of amides is 1. The van der Waals surface area contributed by atoms with Gasteiger partial charge in [-0.1, -0.05) is 24.6 Å². The van der Waals surface area contributed by atoms with Crippen LogP contribution < -0.4 is 5.32 Å². The van der Waals surface area contributed by atoms with Crippen molar-refractivity contribution in [2.75, 3.05) is 13.1 Å². The lowest BCUT2D eigenvalue weighted by Gasteiger charge is -2.21. The predicted molar refractivity (Wildman–Crippen MR) is 73.5 cm³/mol. The van der Waals surface area contributed by atoms with Gasteiger partial charge in [-0.25, -0.2) is 4.39 Å². The van der Waals surface area contributed by atoms with Crippen molar-refractivity contribution in [3.05, 3.63) is 34.6 Å². The van der Waals surface area contributed by atoms with E-state index in [2.05, 4.69) is 17.1 Å². The molecule has 2 rings (SSSR count). The van der Waals surface area contributed by atoms with Crippen LogP contribution in [-0.4, -0.2) is 29.9 Å². The van der Waals surface area contributed by atoms with Crippen molar-refractivity contribution in [3.8, 4) is 0 Å². The maximum absolute atomic E-state index is 12.9. The lowest BCUT2D eigenvalue weighted by molar-refractivity contribution is -0.125. The Morgan fingerprint density at radius 3 is 3.05 bits per heavy atom. The Hall–Kier alpha value is -1.13. The SMILES string of the molecule is CCN1CCC[C@H]1C(=O)NCc1ccc(F)cc1Cl. The molecule has 1 atom stereocenters. The van der Waals surface area contributed by atoms with E-state index < -0.39 is 0 Å². The normalized spacial score (nSPS) is 19.6. The van der Waals surface area contributed by atoms with Crippen molar-refractivity contribution < 1.29 is 9.18 Å². The zero-order valence-corrected chi connectivity index (χ0v) is 11.7. The van der Waals surface area contributed by atoms with Gasteiger partial charge in [0.15, 0.2) is 0 Å². The second-order valence-electron chi connectivity index (χ2n) is 4.74. The standard InChI is InChI=1S/C14H18ClFN2O/c1-2-18-7-3-4-13(18)14(19)17-9-10-5-6-11(16)8-12(10)15/h5-6,8,13H,2-4,7,9H2,1H3,(H,17,19)/t13-/m0/s1. The number of hydrogen-bond acceptors (Lipinski definition) is 2. The molecule has 0 spiro atoms. The molecule has 1 N–H and O–H groups in total. The first-order valence-electron chi connectivity index (χ1n) is 6.57. The molecular weight excluding hydrogens is 267 g/mol. The molecule has 5 heteroatoms. The van der Waals surface area contributed by atoms with Crippen molar-refractivity contribution in [1.82, 2.24) is 10.2 Å². The first-order valence-corrected chi connectivity index (χ1v) is 6.95. The first-order chi connectivity index (χ1) is 9.11. The quantitative estimate of drug-likeness (QED) is 0.922. The number of halogens is 2. The number of nitrogens with zero attached hydrogens (tertiary/aromatic N) is 1. The summed E-state index contributed by atoms with van der Waals surface area (Å²) >= 11 is 5.93. The van der Waals surface area contributed by atoms with E-state index in [4.69, 9.17) is 11.6 Å². The highest BCUT2D eigenvalue weighted by molar-refractivity contribution is 6.31. The number of hydrogen-bond donors (Lipinski definition) is 1. The summed E-state index contributed by atoms with van der Waals surface area (Å²) in [5, 5.41) is 3.22. The molecule has 104 valence electrons. The predicted octanol–water partition coefficient (Wildman–Crippen LogP) is 2.58. The molecule has 0 bridgehead atoms. The fraction of sp³-hybridized carbons (Fsp3) is 0.500. The summed E-state index contributed by atoms with van der Waals surface area (Å²) in [5.41, 5.74) is 0.734. The van der Waals surface area contributed by atoms with Crippen LogP contribution in [0.1, 0.15) is 25.3 Å². The van der Waals surface area contributed by atoms with Crippen LogP contribution in [0.5, 0.6) is 0 Å². The molecule has 0 radical (unpaired) electrons. The maximum atomic E-state index is 12.9. The number of benzene rings is 1. The number of likely N-dealkylation sites (tertiary alicyclic amines) is 1. The van der Waals surface area contributed by atoms with E-state index in [9.17, 15) is 9.18 Å². The Bertz CT molecular complexity index is 467. The van der Waals surface area contributed by atoms with E-state index in [0.717, 1.165) is 31.5 Å². The average Bonchev–Trinajstić information content (AvgIpc) is 2.85. The van der Waals surface area contributed by atoms with E-state index in [1.807, 2.05) is 0 Å². The Morgan fingerprint density at radius 1 is 1.58 bits per heavy atom. The summed E-state index contributed by atoms with van der Waals surface area (Å²) in [7, 11) is 0. The van der Waals surface area contributed by atoms with Gasteiger partial charge in [-0.3, -0.25) is 9.69 Å². The molecule has 1 aliphatic heterocycles. The molecule has 19 heavy (non-hydrogen) atoms. The van der Waals surface area contributed by atoms with E-state index in [1.165, 1.54) is 12.1 Å². The van der Waals surface area contributed by atoms with Gasteiger partial charge in [-0.15, -0.1) is 0 Å². The highest BCUT2D eigenvalue weighted by Gasteiger charge is 2.29. The highest BCUT2D eigenvalue weighted by atomic mass is 35.5. The Morgan fingerprint density at radius 2 is 2.37 bits per heavy atom. The molecule has 1 aromatic carbocycles. The summed E-state index contributed by atoms with van der Waals surface area (Å²) in [6, 6.07) is 4.17. The van der Waals surface area contributed by atoms with Crippen LogP contribution in [0.15, 0.2) is 18.2 Å². The van der Waals surface area contributed by atoms with Crippen LogP contribution in [0.2, 0.25) is 5.02 Å². The third-order valence-electron chi connectivity index (χ3n) is 3.54. The van der Waals surface area contributed by atoms with Gasteiger partial charge in [0.25, 0.3) is 0 Å². The number of carbonyl (C=O) groups is 1. The second kappa shape index (κ2) is 6.35. The molecule has 1 aromatic rings. The molecule has 0 saturated carbocycles. The Balaban J connectivity index is 1.93. The number of nitrogens with one attached hydrogen (secondary N) is 1. The molecule has 1 fully saturated rings.